The first kappa shape index (κ1) is 20.1. The normalized spacial score (nSPS) is 29.0. The zero-order valence-corrected chi connectivity index (χ0v) is 18.6. The third-order valence-corrected chi connectivity index (χ3v) is 9.36. The lowest BCUT2D eigenvalue weighted by Gasteiger charge is -2.42. The molecular formula is C26H24FNO3S. The molecule has 0 amide bonds. The van der Waals surface area contributed by atoms with Crippen LogP contribution in [0.1, 0.15) is 35.1 Å². The van der Waals surface area contributed by atoms with Crippen LogP contribution in [-0.2, 0) is 26.0 Å². The van der Waals surface area contributed by atoms with Gasteiger partial charge in [0.25, 0.3) is 0 Å². The van der Waals surface area contributed by atoms with Gasteiger partial charge in [-0.25, -0.2) is 12.8 Å². The van der Waals surface area contributed by atoms with Crippen molar-refractivity contribution in [2.24, 2.45) is 5.92 Å². The van der Waals surface area contributed by atoms with E-state index in [1.807, 2.05) is 55.5 Å². The first-order valence-electron chi connectivity index (χ1n) is 11.0. The Morgan fingerprint density at radius 1 is 1.00 bits per heavy atom. The number of hydrogen-bond donors (Lipinski definition) is 0. The lowest BCUT2D eigenvalue weighted by molar-refractivity contribution is -0.0961. The number of halogens is 1. The van der Waals surface area contributed by atoms with Gasteiger partial charge in [0.2, 0.25) is 10.0 Å². The number of benzene rings is 3. The standard InChI is InChI=1S/C26H24FNO3S/c1-18-7-10-22(11-8-18)32(29,30)28-14-13-25-20(17-28)16-26(31-25,19-5-3-2-4-6-19)24-15-21(27)9-12-23(24)25/h2-12,15,20H,13-14,16-17H2,1H3/t20-,25+,26+/m1/s1. The average molecular weight is 450 g/mol. The van der Waals surface area contributed by atoms with Crippen molar-refractivity contribution in [2.45, 2.75) is 35.9 Å². The first-order chi connectivity index (χ1) is 15.3. The molecule has 164 valence electrons. The topological polar surface area (TPSA) is 46.6 Å². The van der Waals surface area contributed by atoms with Crippen LogP contribution in [0, 0.1) is 18.7 Å². The molecule has 3 heterocycles. The van der Waals surface area contributed by atoms with Crippen LogP contribution in [0.3, 0.4) is 0 Å². The molecule has 0 saturated carbocycles. The summed E-state index contributed by atoms with van der Waals surface area (Å²) in [7, 11) is -3.59. The third-order valence-electron chi connectivity index (χ3n) is 7.48. The second-order valence-electron chi connectivity index (χ2n) is 9.20. The summed E-state index contributed by atoms with van der Waals surface area (Å²) in [6, 6.07) is 21.9. The second-order valence-corrected chi connectivity index (χ2v) is 11.1. The van der Waals surface area contributed by atoms with Gasteiger partial charge >= 0.3 is 0 Å². The van der Waals surface area contributed by atoms with Crippen LogP contribution >= 0.6 is 0 Å². The van der Waals surface area contributed by atoms with Gasteiger partial charge in [-0.05, 0) is 60.7 Å². The van der Waals surface area contributed by atoms with E-state index in [1.54, 1.807) is 22.5 Å². The van der Waals surface area contributed by atoms with Crippen molar-refractivity contribution in [1.82, 2.24) is 4.31 Å². The average Bonchev–Trinajstić information content (AvgIpc) is 3.29. The van der Waals surface area contributed by atoms with Gasteiger partial charge < -0.3 is 4.74 Å². The van der Waals surface area contributed by atoms with Gasteiger partial charge in [-0.3, -0.25) is 0 Å². The van der Waals surface area contributed by atoms with Gasteiger partial charge in [-0.2, -0.15) is 4.31 Å². The van der Waals surface area contributed by atoms with E-state index in [0.717, 1.165) is 22.3 Å². The maximum Gasteiger partial charge on any atom is 0.243 e. The smallest absolute Gasteiger partial charge is 0.243 e. The summed E-state index contributed by atoms with van der Waals surface area (Å²) >= 11 is 0. The molecular weight excluding hydrogens is 425 g/mol. The van der Waals surface area contributed by atoms with Crippen molar-refractivity contribution in [1.29, 1.82) is 0 Å². The fraction of sp³-hybridized carbons (Fsp3) is 0.308. The second kappa shape index (κ2) is 6.73. The summed E-state index contributed by atoms with van der Waals surface area (Å²) in [5.74, 6) is -0.280. The van der Waals surface area contributed by atoms with Crippen LogP contribution in [0.4, 0.5) is 4.39 Å². The molecule has 3 aromatic rings. The van der Waals surface area contributed by atoms with Gasteiger partial charge in [-0.15, -0.1) is 0 Å². The Bertz CT molecular complexity index is 1310. The van der Waals surface area contributed by atoms with Crippen LogP contribution < -0.4 is 0 Å². The molecule has 0 radical (unpaired) electrons. The number of ether oxygens (including phenoxy) is 1. The number of piperidine rings is 1. The Morgan fingerprint density at radius 2 is 1.75 bits per heavy atom. The third kappa shape index (κ3) is 2.63. The molecule has 32 heavy (non-hydrogen) atoms. The SMILES string of the molecule is Cc1ccc(S(=O)(=O)N2CC[C@]34O[C@](c5ccccc5)(C[C@@H]3C2)c2cc(F)ccc24)cc1. The maximum atomic E-state index is 14.3. The monoisotopic (exact) mass is 449 g/mol. The Hall–Kier alpha value is -2.54. The van der Waals surface area contributed by atoms with Crippen LogP contribution in [0.5, 0.6) is 0 Å². The maximum absolute atomic E-state index is 14.3. The van der Waals surface area contributed by atoms with E-state index in [9.17, 15) is 12.8 Å². The summed E-state index contributed by atoms with van der Waals surface area (Å²) < 4.78 is 49.5. The fourth-order valence-corrected chi connectivity index (χ4v) is 7.44. The molecule has 3 aliphatic rings. The number of hydrogen-bond acceptors (Lipinski definition) is 3. The van der Waals surface area contributed by atoms with E-state index in [4.69, 9.17) is 4.74 Å². The van der Waals surface area contributed by atoms with Gasteiger partial charge in [0.1, 0.15) is 17.0 Å². The molecule has 3 aliphatic heterocycles. The quantitative estimate of drug-likeness (QED) is 0.581. The van der Waals surface area contributed by atoms with Crippen LogP contribution in [0.15, 0.2) is 77.7 Å². The molecule has 1 spiro atoms. The molecule has 3 atom stereocenters. The fourth-order valence-electron chi connectivity index (χ4n) is 5.95. The molecule has 6 rings (SSSR count). The highest BCUT2D eigenvalue weighted by atomic mass is 32.2. The van der Waals surface area contributed by atoms with Gasteiger partial charge in [0.15, 0.2) is 0 Å². The van der Waals surface area contributed by atoms with Crippen LogP contribution in [-0.4, -0.2) is 25.8 Å². The van der Waals surface area contributed by atoms with Crippen molar-refractivity contribution < 1.29 is 17.5 Å². The largest absolute Gasteiger partial charge is 0.354 e. The Balaban J connectivity index is 1.42. The molecule has 6 heteroatoms. The molecule has 0 aromatic heterocycles. The van der Waals surface area contributed by atoms with Gasteiger partial charge in [-0.1, -0.05) is 54.1 Å². The number of nitrogens with zero attached hydrogens (tertiary/aromatic N) is 1. The highest BCUT2D eigenvalue weighted by Crippen LogP contribution is 2.66. The highest BCUT2D eigenvalue weighted by Gasteiger charge is 2.66. The van der Waals surface area contributed by atoms with Gasteiger partial charge in [0, 0.05) is 19.0 Å². The van der Waals surface area contributed by atoms with Crippen molar-refractivity contribution in [3.8, 4) is 0 Å². The Morgan fingerprint density at radius 3 is 2.50 bits per heavy atom. The first-order valence-corrected chi connectivity index (χ1v) is 12.4. The number of sulfonamides is 1. The lowest BCUT2D eigenvalue weighted by Crippen LogP contribution is -2.50. The van der Waals surface area contributed by atoms with Crippen molar-refractivity contribution in [3.63, 3.8) is 0 Å². The van der Waals surface area contributed by atoms with Gasteiger partial charge in [0.05, 0.1) is 4.90 Å². The summed E-state index contributed by atoms with van der Waals surface area (Å²) in [5, 5.41) is 0. The molecule has 0 N–H and O–H groups in total. The van der Waals surface area contributed by atoms with E-state index in [0.29, 0.717) is 30.8 Å². The van der Waals surface area contributed by atoms with E-state index in [2.05, 4.69) is 0 Å². The Kier molecular flexibility index (Phi) is 4.23. The van der Waals surface area contributed by atoms with Crippen LogP contribution in [0.2, 0.25) is 0 Å². The minimum Gasteiger partial charge on any atom is -0.354 e. The molecule has 4 nitrogen and oxygen atoms in total. The lowest BCUT2D eigenvalue weighted by atomic mass is 9.66. The predicted molar refractivity (Wildman–Crippen MR) is 119 cm³/mol. The molecule has 0 unspecified atom stereocenters. The summed E-state index contributed by atoms with van der Waals surface area (Å²) in [4.78, 5) is 0.323. The van der Waals surface area contributed by atoms with Crippen molar-refractivity contribution in [2.75, 3.05) is 13.1 Å². The zero-order valence-electron chi connectivity index (χ0n) is 17.8. The minimum absolute atomic E-state index is 0.00496. The molecule has 2 fully saturated rings. The Labute approximate surface area is 187 Å². The summed E-state index contributed by atoms with van der Waals surface area (Å²) in [5.41, 5.74) is 2.58. The number of rotatable bonds is 3. The van der Waals surface area contributed by atoms with Crippen molar-refractivity contribution >= 4 is 10.0 Å². The molecule has 3 aromatic carbocycles. The molecule has 2 saturated heterocycles. The van der Waals surface area contributed by atoms with Crippen LogP contribution in [0.25, 0.3) is 0 Å². The van der Waals surface area contributed by atoms with E-state index >= 15 is 0 Å². The summed E-state index contributed by atoms with van der Waals surface area (Å²) in [6.45, 7) is 2.70. The van der Waals surface area contributed by atoms with Crippen molar-refractivity contribution in [3.05, 3.63) is 101 Å². The minimum atomic E-state index is -3.59. The number of fused-ring (bicyclic) bond motifs is 3. The highest BCUT2D eigenvalue weighted by molar-refractivity contribution is 7.89. The molecule has 0 aliphatic carbocycles. The van der Waals surface area contributed by atoms with E-state index in [1.165, 1.54) is 6.07 Å². The van der Waals surface area contributed by atoms with E-state index < -0.39 is 21.2 Å². The van der Waals surface area contributed by atoms with E-state index in [-0.39, 0.29) is 11.7 Å². The zero-order chi connectivity index (χ0) is 22.1. The predicted octanol–water partition coefficient (Wildman–Crippen LogP) is 4.72. The number of aryl methyl sites for hydroxylation is 1. The summed E-state index contributed by atoms with van der Waals surface area (Å²) in [6.07, 6.45) is 1.18. The molecule has 2 bridgehead atoms.